The first-order chi connectivity index (χ1) is 7.69. The molecule has 1 saturated heterocycles. The fraction of sp³-hybridized carbons (Fsp3) is 0.583. The number of aldehydes is 1. The summed E-state index contributed by atoms with van der Waals surface area (Å²) in [6, 6.07) is 1.88. The highest BCUT2D eigenvalue weighted by Crippen LogP contribution is 2.40. The highest BCUT2D eigenvalue weighted by molar-refractivity contribution is 7.99. The fourth-order valence-corrected chi connectivity index (χ4v) is 4.39. The average Bonchev–Trinajstić information content (AvgIpc) is 2.73. The van der Waals surface area contributed by atoms with Gasteiger partial charge in [-0.25, -0.2) is 0 Å². The Balaban J connectivity index is 2.31. The molecule has 2 heterocycles. The summed E-state index contributed by atoms with van der Waals surface area (Å²) in [4.78, 5) is 13.0. The number of thioether (sulfide) groups is 1. The zero-order valence-corrected chi connectivity index (χ0v) is 11.0. The minimum atomic E-state index is -0.679. The van der Waals surface area contributed by atoms with E-state index >= 15 is 0 Å². The van der Waals surface area contributed by atoms with Crippen molar-refractivity contribution in [1.82, 2.24) is 0 Å². The highest BCUT2D eigenvalue weighted by Gasteiger charge is 2.33. The van der Waals surface area contributed by atoms with Gasteiger partial charge in [0.2, 0.25) is 0 Å². The van der Waals surface area contributed by atoms with Crippen molar-refractivity contribution in [2.45, 2.75) is 31.8 Å². The molecular formula is C12H16O2S2. The van der Waals surface area contributed by atoms with Crippen molar-refractivity contribution in [1.29, 1.82) is 0 Å². The minimum absolute atomic E-state index is 0.679. The number of carbonyl (C=O) groups is 1. The highest BCUT2D eigenvalue weighted by atomic mass is 32.2. The molecule has 0 amide bonds. The van der Waals surface area contributed by atoms with Gasteiger partial charge in [-0.3, -0.25) is 4.79 Å². The Morgan fingerprint density at radius 3 is 2.69 bits per heavy atom. The van der Waals surface area contributed by atoms with Crippen LogP contribution in [0.15, 0.2) is 6.07 Å². The second kappa shape index (κ2) is 4.90. The first-order valence-electron chi connectivity index (χ1n) is 5.58. The lowest BCUT2D eigenvalue weighted by atomic mass is 9.94. The molecule has 0 spiro atoms. The second-order valence-electron chi connectivity index (χ2n) is 4.10. The Labute approximate surface area is 104 Å². The molecule has 0 bridgehead atoms. The molecule has 0 aromatic carbocycles. The molecule has 1 aromatic heterocycles. The van der Waals surface area contributed by atoms with Gasteiger partial charge in [-0.15, -0.1) is 11.3 Å². The first kappa shape index (κ1) is 12.1. The van der Waals surface area contributed by atoms with E-state index in [0.717, 1.165) is 52.4 Å². The Morgan fingerprint density at radius 1 is 1.50 bits per heavy atom. The molecule has 0 atom stereocenters. The van der Waals surface area contributed by atoms with Crippen molar-refractivity contribution >= 4 is 29.4 Å². The van der Waals surface area contributed by atoms with Gasteiger partial charge in [0.25, 0.3) is 0 Å². The normalized spacial score (nSPS) is 19.6. The van der Waals surface area contributed by atoms with Crippen molar-refractivity contribution in [3.8, 4) is 0 Å². The summed E-state index contributed by atoms with van der Waals surface area (Å²) in [5.74, 6) is 2.01. The maximum Gasteiger partial charge on any atom is 0.151 e. The van der Waals surface area contributed by atoms with Gasteiger partial charge in [-0.2, -0.15) is 11.8 Å². The zero-order chi connectivity index (χ0) is 11.6. The van der Waals surface area contributed by atoms with Gasteiger partial charge in [0.15, 0.2) is 6.29 Å². The van der Waals surface area contributed by atoms with Crippen LogP contribution in [0.5, 0.6) is 0 Å². The molecule has 1 aromatic rings. The summed E-state index contributed by atoms with van der Waals surface area (Å²) in [6.45, 7) is 2.05. The third-order valence-electron chi connectivity index (χ3n) is 3.07. The van der Waals surface area contributed by atoms with E-state index in [-0.39, 0.29) is 0 Å². The summed E-state index contributed by atoms with van der Waals surface area (Å²) in [6.07, 6.45) is 3.38. The molecule has 16 heavy (non-hydrogen) atoms. The third-order valence-corrected chi connectivity index (χ3v) is 5.54. The molecule has 0 aliphatic carbocycles. The first-order valence-corrected chi connectivity index (χ1v) is 7.55. The molecule has 0 unspecified atom stereocenters. The minimum Gasteiger partial charge on any atom is -0.384 e. The van der Waals surface area contributed by atoms with Crippen molar-refractivity contribution in [2.24, 2.45) is 0 Å². The predicted octanol–water partition coefficient (Wildman–Crippen LogP) is 2.84. The van der Waals surface area contributed by atoms with Gasteiger partial charge in [0.1, 0.15) is 5.60 Å². The van der Waals surface area contributed by atoms with Gasteiger partial charge in [-0.05, 0) is 36.8 Å². The average molecular weight is 256 g/mol. The van der Waals surface area contributed by atoms with E-state index in [1.165, 1.54) is 0 Å². The monoisotopic (exact) mass is 256 g/mol. The van der Waals surface area contributed by atoms with Gasteiger partial charge in [0, 0.05) is 15.3 Å². The Morgan fingerprint density at radius 2 is 2.19 bits per heavy atom. The summed E-state index contributed by atoms with van der Waals surface area (Å²) in [5, 5.41) is 10.6. The summed E-state index contributed by atoms with van der Waals surface area (Å²) in [5.41, 5.74) is 0.0790. The molecule has 1 aliphatic heterocycles. The summed E-state index contributed by atoms with van der Waals surface area (Å²) in [7, 11) is 0. The van der Waals surface area contributed by atoms with Crippen LogP contribution in [0.3, 0.4) is 0 Å². The van der Waals surface area contributed by atoms with Crippen LogP contribution in [-0.4, -0.2) is 22.9 Å². The summed E-state index contributed by atoms with van der Waals surface area (Å²) < 4.78 is 0. The van der Waals surface area contributed by atoms with Crippen LogP contribution >= 0.6 is 23.1 Å². The number of hydrogen-bond acceptors (Lipinski definition) is 4. The lowest BCUT2D eigenvalue weighted by Crippen LogP contribution is -2.29. The maximum absolute atomic E-state index is 10.9. The molecule has 0 radical (unpaired) electrons. The number of aryl methyl sites for hydroxylation is 1. The molecule has 88 valence electrons. The van der Waals surface area contributed by atoms with E-state index in [1.807, 2.05) is 24.8 Å². The topological polar surface area (TPSA) is 37.3 Å². The van der Waals surface area contributed by atoms with Gasteiger partial charge in [-0.1, -0.05) is 6.92 Å². The number of aliphatic hydroxyl groups is 1. The lowest BCUT2D eigenvalue weighted by molar-refractivity contribution is 0.0318. The SMILES string of the molecule is CCc1sc(C2(O)CCSCC2)cc1C=O. The largest absolute Gasteiger partial charge is 0.384 e. The maximum atomic E-state index is 10.9. The molecule has 2 nitrogen and oxygen atoms in total. The van der Waals surface area contributed by atoms with Crippen molar-refractivity contribution in [3.05, 3.63) is 21.4 Å². The molecule has 1 N–H and O–H groups in total. The van der Waals surface area contributed by atoms with E-state index in [0.29, 0.717) is 0 Å². The second-order valence-corrected chi connectivity index (χ2v) is 6.47. The zero-order valence-electron chi connectivity index (χ0n) is 9.36. The molecule has 1 aliphatic rings. The quantitative estimate of drug-likeness (QED) is 0.845. The van der Waals surface area contributed by atoms with E-state index < -0.39 is 5.60 Å². The molecule has 2 rings (SSSR count). The van der Waals surface area contributed by atoms with Gasteiger partial charge >= 0.3 is 0 Å². The lowest BCUT2D eigenvalue weighted by Gasteiger charge is -2.30. The van der Waals surface area contributed by atoms with Crippen LogP contribution in [0.4, 0.5) is 0 Å². The van der Waals surface area contributed by atoms with Crippen LogP contribution in [0, 0.1) is 0 Å². The van der Waals surface area contributed by atoms with E-state index in [4.69, 9.17) is 0 Å². The summed E-state index contributed by atoms with van der Waals surface area (Å²) >= 11 is 3.49. The Bertz CT molecular complexity index is 378. The van der Waals surface area contributed by atoms with E-state index in [9.17, 15) is 9.90 Å². The van der Waals surface area contributed by atoms with Crippen LogP contribution in [0.25, 0.3) is 0 Å². The number of rotatable bonds is 3. The smallest absolute Gasteiger partial charge is 0.151 e. The number of hydrogen-bond donors (Lipinski definition) is 1. The van der Waals surface area contributed by atoms with Crippen LogP contribution in [0.1, 0.15) is 39.9 Å². The van der Waals surface area contributed by atoms with Gasteiger partial charge < -0.3 is 5.11 Å². The van der Waals surface area contributed by atoms with Crippen molar-refractivity contribution in [2.75, 3.05) is 11.5 Å². The molecule has 1 fully saturated rings. The molecule has 0 saturated carbocycles. The Kier molecular flexibility index (Phi) is 3.72. The molecular weight excluding hydrogens is 240 g/mol. The third kappa shape index (κ3) is 2.19. The van der Waals surface area contributed by atoms with Crippen molar-refractivity contribution in [3.63, 3.8) is 0 Å². The van der Waals surface area contributed by atoms with Gasteiger partial charge in [0.05, 0.1) is 0 Å². The standard InChI is InChI=1S/C12H16O2S2/c1-2-10-9(8-13)7-11(16-10)12(14)3-5-15-6-4-12/h7-8,14H,2-6H2,1H3. The van der Waals surface area contributed by atoms with Crippen LogP contribution < -0.4 is 0 Å². The predicted molar refractivity (Wildman–Crippen MR) is 69.5 cm³/mol. The van der Waals surface area contributed by atoms with E-state index in [1.54, 1.807) is 11.3 Å². The molecule has 4 heteroatoms. The number of carbonyl (C=O) groups excluding carboxylic acids is 1. The van der Waals surface area contributed by atoms with E-state index in [2.05, 4.69) is 0 Å². The number of thiophene rings is 1. The van der Waals surface area contributed by atoms with Crippen LogP contribution in [-0.2, 0) is 12.0 Å². The Hall–Kier alpha value is -0.320. The van der Waals surface area contributed by atoms with Crippen LogP contribution in [0.2, 0.25) is 0 Å². The van der Waals surface area contributed by atoms with Crippen molar-refractivity contribution < 1.29 is 9.90 Å². The fourth-order valence-electron chi connectivity index (χ4n) is 2.00.